The normalized spacial score (nSPS) is 10.5. The van der Waals surface area contributed by atoms with E-state index in [2.05, 4.69) is 20.8 Å². The zero-order valence-electron chi connectivity index (χ0n) is 17.2. The number of benzene rings is 3. The van der Waals surface area contributed by atoms with Gasteiger partial charge in [0.2, 0.25) is 5.16 Å². The van der Waals surface area contributed by atoms with Gasteiger partial charge in [0.15, 0.2) is 0 Å². The molecule has 1 N–H and O–H groups in total. The standard InChI is InChI=1S/C23H22ClN5OS.ClH/c24-21-15-19(11-12-22(21)30-17-18-7-3-1-4-8-18)16-25-13-14-31-23-26-27-28-29(23)20-9-5-2-6-10-20;/h1-12,15,25H,13-14,16-17H2;1H. The lowest BCUT2D eigenvalue weighted by atomic mass is 10.2. The van der Waals surface area contributed by atoms with Gasteiger partial charge in [0, 0.05) is 18.8 Å². The maximum absolute atomic E-state index is 6.40. The van der Waals surface area contributed by atoms with Gasteiger partial charge < -0.3 is 10.1 Å². The van der Waals surface area contributed by atoms with Crippen LogP contribution in [0.15, 0.2) is 84.0 Å². The van der Waals surface area contributed by atoms with E-state index in [4.69, 9.17) is 16.3 Å². The second-order valence-corrected chi connectivity index (χ2v) is 8.24. The van der Waals surface area contributed by atoms with E-state index in [1.54, 1.807) is 16.4 Å². The Kier molecular flexibility index (Phi) is 9.37. The molecule has 0 radical (unpaired) electrons. The van der Waals surface area contributed by atoms with Crippen LogP contribution >= 0.6 is 35.8 Å². The van der Waals surface area contributed by atoms with E-state index in [-0.39, 0.29) is 12.4 Å². The first kappa shape index (κ1) is 24.1. The number of hydrogen-bond donors (Lipinski definition) is 1. The van der Waals surface area contributed by atoms with Crippen LogP contribution in [0, 0.1) is 0 Å². The highest BCUT2D eigenvalue weighted by molar-refractivity contribution is 7.99. The summed E-state index contributed by atoms with van der Waals surface area (Å²) in [5.41, 5.74) is 3.17. The van der Waals surface area contributed by atoms with Crippen LogP contribution < -0.4 is 10.1 Å². The van der Waals surface area contributed by atoms with Gasteiger partial charge in [0.1, 0.15) is 12.4 Å². The number of tetrazole rings is 1. The number of para-hydroxylation sites is 1. The first-order valence-electron chi connectivity index (χ1n) is 9.92. The van der Waals surface area contributed by atoms with Crippen molar-refractivity contribution >= 4 is 35.8 Å². The lowest BCUT2D eigenvalue weighted by molar-refractivity contribution is 0.306. The highest BCUT2D eigenvalue weighted by Gasteiger charge is 2.08. The molecule has 4 rings (SSSR count). The monoisotopic (exact) mass is 487 g/mol. The largest absolute Gasteiger partial charge is 0.487 e. The molecule has 0 aliphatic heterocycles. The third kappa shape index (κ3) is 6.71. The molecule has 1 heterocycles. The number of aromatic nitrogens is 4. The molecule has 0 aliphatic carbocycles. The SMILES string of the molecule is Cl.Clc1cc(CNCCSc2nnnn2-c2ccccc2)ccc1OCc1ccccc1. The molecule has 0 saturated carbocycles. The van der Waals surface area contributed by atoms with E-state index in [0.717, 1.165) is 40.8 Å². The highest BCUT2D eigenvalue weighted by Crippen LogP contribution is 2.26. The number of thioether (sulfide) groups is 1. The maximum Gasteiger partial charge on any atom is 0.214 e. The van der Waals surface area contributed by atoms with Gasteiger partial charge in [0.25, 0.3) is 0 Å². The molecule has 0 aliphatic rings. The van der Waals surface area contributed by atoms with Crippen molar-refractivity contribution in [1.29, 1.82) is 0 Å². The lowest BCUT2D eigenvalue weighted by Gasteiger charge is -2.10. The number of hydrogen-bond acceptors (Lipinski definition) is 6. The molecule has 0 saturated heterocycles. The molecule has 4 aromatic rings. The van der Waals surface area contributed by atoms with Crippen LogP contribution in [0.25, 0.3) is 5.69 Å². The number of halogens is 2. The average molecular weight is 488 g/mol. The topological polar surface area (TPSA) is 64.9 Å². The summed E-state index contributed by atoms with van der Waals surface area (Å²) < 4.78 is 7.58. The van der Waals surface area contributed by atoms with Crippen molar-refractivity contribution in [3.63, 3.8) is 0 Å². The predicted molar refractivity (Wildman–Crippen MR) is 131 cm³/mol. The summed E-state index contributed by atoms with van der Waals surface area (Å²) in [7, 11) is 0. The third-order valence-electron chi connectivity index (χ3n) is 4.51. The summed E-state index contributed by atoms with van der Waals surface area (Å²) in [6.45, 7) is 2.04. The van der Waals surface area contributed by atoms with Crippen LogP contribution in [0.4, 0.5) is 0 Å². The molecular weight excluding hydrogens is 465 g/mol. The summed E-state index contributed by atoms with van der Waals surface area (Å²) in [6.07, 6.45) is 0. The fourth-order valence-corrected chi connectivity index (χ4v) is 4.00. The molecule has 0 spiro atoms. The van der Waals surface area contributed by atoms with Crippen LogP contribution in [-0.2, 0) is 13.2 Å². The Morgan fingerprint density at radius 1 is 0.938 bits per heavy atom. The number of rotatable bonds is 10. The molecule has 0 bridgehead atoms. The smallest absolute Gasteiger partial charge is 0.214 e. The highest BCUT2D eigenvalue weighted by atomic mass is 35.5. The van der Waals surface area contributed by atoms with Gasteiger partial charge in [-0.25, -0.2) is 0 Å². The van der Waals surface area contributed by atoms with Gasteiger partial charge in [0.05, 0.1) is 10.7 Å². The van der Waals surface area contributed by atoms with Gasteiger partial charge in [-0.15, -0.1) is 17.5 Å². The van der Waals surface area contributed by atoms with Gasteiger partial charge >= 0.3 is 0 Å². The number of nitrogens with zero attached hydrogens (tertiary/aromatic N) is 4. The van der Waals surface area contributed by atoms with Gasteiger partial charge in [-0.2, -0.15) is 4.68 Å². The molecule has 32 heavy (non-hydrogen) atoms. The maximum atomic E-state index is 6.40. The molecule has 0 unspecified atom stereocenters. The first-order valence-corrected chi connectivity index (χ1v) is 11.3. The van der Waals surface area contributed by atoms with Crippen LogP contribution in [0.5, 0.6) is 5.75 Å². The van der Waals surface area contributed by atoms with Crippen LogP contribution in [0.3, 0.4) is 0 Å². The van der Waals surface area contributed by atoms with E-state index in [0.29, 0.717) is 17.4 Å². The van der Waals surface area contributed by atoms with Crippen LogP contribution in [0.2, 0.25) is 5.02 Å². The molecule has 0 amide bonds. The van der Waals surface area contributed by atoms with Crippen LogP contribution in [-0.4, -0.2) is 32.5 Å². The quantitative estimate of drug-likeness (QED) is 0.245. The lowest BCUT2D eigenvalue weighted by Crippen LogP contribution is -2.16. The van der Waals surface area contributed by atoms with E-state index in [1.165, 1.54) is 0 Å². The fourth-order valence-electron chi connectivity index (χ4n) is 2.95. The Balaban J connectivity index is 0.00000289. The summed E-state index contributed by atoms with van der Waals surface area (Å²) >= 11 is 8.01. The molecule has 9 heteroatoms. The Hall–Kier alpha value is -2.58. The second-order valence-electron chi connectivity index (χ2n) is 6.77. The third-order valence-corrected chi connectivity index (χ3v) is 5.73. The van der Waals surface area contributed by atoms with Crippen molar-refractivity contribution in [2.24, 2.45) is 0 Å². The van der Waals surface area contributed by atoms with Gasteiger partial charge in [-0.3, -0.25) is 0 Å². The van der Waals surface area contributed by atoms with Crippen molar-refractivity contribution in [2.75, 3.05) is 12.3 Å². The summed E-state index contributed by atoms with van der Waals surface area (Å²) in [6, 6.07) is 25.8. The molecular formula is C23H23Cl2N5OS. The van der Waals surface area contributed by atoms with Crippen molar-refractivity contribution in [3.8, 4) is 11.4 Å². The van der Waals surface area contributed by atoms with Gasteiger partial charge in [-0.1, -0.05) is 78.0 Å². The molecule has 0 atom stereocenters. The van der Waals surface area contributed by atoms with E-state index in [1.807, 2.05) is 78.9 Å². The van der Waals surface area contributed by atoms with Crippen molar-refractivity contribution in [1.82, 2.24) is 25.5 Å². The minimum atomic E-state index is 0. The Bertz CT molecular complexity index is 1100. The zero-order chi connectivity index (χ0) is 21.3. The molecule has 1 aromatic heterocycles. The average Bonchev–Trinajstić information content (AvgIpc) is 3.28. The van der Waals surface area contributed by atoms with E-state index < -0.39 is 0 Å². The van der Waals surface area contributed by atoms with Crippen molar-refractivity contribution in [2.45, 2.75) is 18.3 Å². The van der Waals surface area contributed by atoms with Crippen molar-refractivity contribution < 1.29 is 4.74 Å². The van der Waals surface area contributed by atoms with Gasteiger partial charge in [-0.05, 0) is 45.8 Å². The Morgan fingerprint density at radius 3 is 2.44 bits per heavy atom. The summed E-state index contributed by atoms with van der Waals surface area (Å²) in [5.74, 6) is 1.54. The molecule has 166 valence electrons. The van der Waals surface area contributed by atoms with E-state index in [9.17, 15) is 0 Å². The molecule has 6 nitrogen and oxygen atoms in total. The summed E-state index contributed by atoms with van der Waals surface area (Å²) in [5, 5.41) is 16.8. The molecule has 3 aromatic carbocycles. The van der Waals surface area contributed by atoms with Crippen molar-refractivity contribution in [3.05, 3.63) is 95.0 Å². The fraction of sp³-hybridized carbons (Fsp3) is 0.174. The van der Waals surface area contributed by atoms with Crippen LogP contribution in [0.1, 0.15) is 11.1 Å². The Labute approximate surface area is 202 Å². The minimum Gasteiger partial charge on any atom is -0.487 e. The molecule has 0 fully saturated rings. The first-order chi connectivity index (χ1) is 15.3. The minimum absolute atomic E-state index is 0. The zero-order valence-corrected chi connectivity index (χ0v) is 19.6. The van der Waals surface area contributed by atoms with E-state index >= 15 is 0 Å². The predicted octanol–water partition coefficient (Wildman–Crippen LogP) is 5.20. The second kappa shape index (κ2) is 12.5. The summed E-state index contributed by atoms with van der Waals surface area (Å²) in [4.78, 5) is 0. The number of nitrogens with one attached hydrogen (secondary N) is 1. The Morgan fingerprint density at radius 2 is 1.69 bits per heavy atom. The number of ether oxygens (including phenoxy) is 1.